The van der Waals surface area contributed by atoms with Crippen LogP contribution in [0.2, 0.25) is 0 Å². The van der Waals surface area contributed by atoms with Crippen molar-refractivity contribution in [1.29, 1.82) is 0 Å². The molecule has 1 aromatic heterocycles. The van der Waals surface area contributed by atoms with Crippen molar-refractivity contribution < 1.29 is 17.6 Å². The minimum Gasteiger partial charge on any atom is -0.469 e. The van der Waals surface area contributed by atoms with E-state index in [9.17, 15) is 13.2 Å². The molecule has 0 aliphatic carbocycles. The monoisotopic (exact) mass is 390 g/mol. The summed E-state index contributed by atoms with van der Waals surface area (Å²) < 4.78 is 32.3. The first-order chi connectivity index (χ1) is 13.0. The maximum Gasteiger partial charge on any atom is 0.243 e. The van der Waals surface area contributed by atoms with E-state index >= 15 is 0 Å². The predicted octanol–water partition coefficient (Wildman–Crippen LogP) is 2.82. The van der Waals surface area contributed by atoms with Gasteiger partial charge in [-0.1, -0.05) is 18.2 Å². The number of carbonyl (C=O) groups is 1. The Morgan fingerprint density at radius 1 is 1.26 bits per heavy atom. The topological polar surface area (TPSA) is 79.6 Å². The second-order valence-corrected chi connectivity index (χ2v) is 8.98. The van der Waals surface area contributed by atoms with Crippen LogP contribution in [0, 0.1) is 5.92 Å². The minimum absolute atomic E-state index is 0.00343. The van der Waals surface area contributed by atoms with Gasteiger partial charge in [-0.25, -0.2) is 8.42 Å². The summed E-state index contributed by atoms with van der Waals surface area (Å²) in [6.45, 7) is 2.64. The molecule has 2 unspecified atom stereocenters. The van der Waals surface area contributed by atoms with Crippen LogP contribution in [0.15, 0.2) is 58.0 Å². The number of amides is 1. The largest absolute Gasteiger partial charge is 0.469 e. The van der Waals surface area contributed by atoms with Crippen LogP contribution in [-0.4, -0.2) is 37.8 Å². The standard InChI is InChI=1S/C20H26N2O4S/c1-16(11-12-18-8-6-14-26-18)21-20(23)17-7-5-13-22(15-17)27(24,25)19-9-3-2-4-10-19/h2-4,6,8-10,14,16-17H,5,7,11-13,15H2,1H3,(H,21,23). The quantitative estimate of drug-likeness (QED) is 0.788. The van der Waals surface area contributed by atoms with Gasteiger partial charge in [0.05, 0.1) is 17.1 Å². The molecule has 2 atom stereocenters. The highest BCUT2D eigenvalue weighted by Crippen LogP contribution is 2.24. The SMILES string of the molecule is CC(CCc1ccco1)NC(=O)C1CCCN(S(=O)(=O)c2ccccc2)C1. The van der Waals surface area contributed by atoms with Crippen molar-refractivity contribution >= 4 is 15.9 Å². The number of furan rings is 1. The van der Waals surface area contributed by atoms with Crippen molar-refractivity contribution in [3.63, 3.8) is 0 Å². The Morgan fingerprint density at radius 2 is 2.04 bits per heavy atom. The Bertz CT molecular complexity index is 834. The Balaban J connectivity index is 1.56. The van der Waals surface area contributed by atoms with Gasteiger partial charge in [0.25, 0.3) is 0 Å². The van der Waals surface area contributed by atoms with E-state index in [-0.39, 0.29) is 29.3 Å². The lowest BCUT2D eigenvalue weighted by Gasteiger charge is -2.31. The number of nitrogens with zero attached hydrogens (tertiary/aromatic N) is 1. The molecule has 0 spiro atoms. The van der Waals surface area contributed by atoms with Crippen LogP contribution in [0.5, 0.6) is 0 Å². The van der Waals surface area contributed by atoms with Crippen molar-refractivity contribution in [2.45, 2.75) is 43.5 Å². The molecule has 1 N–H and O–H groups in total. The van der Waals surface area contributed by atoms with E-state index in [1.807, 2.05) is 19.1 Å². The van der Waals surface area contributed by atoms with E-state index in [1.54, 1.807) is 36.6 Å². The van der Waals surface area contributed by atoms with Gasteiger partial charge in [-0.3, -0.25) is 4.79 Å². The molecule has 1 saturated heterocycles. The number of hydrogen-bond donors (Lipinski definition) is 1. The fraction of sp³-hybridized carbons (Fsp3) is 0.450. The van der Waals surface area contributed by atoms with Gasteiger partial charge >= 0.3 is 0 Å². The summed E-state index contributed by atoms with van der Waals surface area (Å²) >= 11 is 0. The van der Waals surface area contributed by atoms with Crippen LogP contribution < -0.4 is 5.32 Å². The molecule has 2 heterocycles. The number of rotatable bonds is 7. The third kappa shape index (κ3) is 4.99. The lowest BCUT2D eigenvalue weighted by Crippen LogP contribution is -2.47. The van der Waals surface area contributed by atoms with Gasteiger partial charge in [-0.15, -0.1) is 0 Å². The van der Waals surface area contributed by atoms with Gasteiger partial charge in [0, 0.05) is 25.6 Å². The van der Waals surface area contributed by atoms with Crippen LogP contribution in [0.25, 0.3) is 0 Å². The molecule has 1 amide bonds. The zero-order chi connectivity index (χ0) is 19.3. The Kier molecular flexibility index (Phi) is 6.34. The van der Waals surface area contributed by atoms with Crippen molar-refractivity contribution in [1.82, 2.24) is 9.62 Å². The molecule has 27 heavy (non-hydrogen) atoms. The summed E-state index contributed by atoms with van der Waals surface area (Å²) in [6.07, 6.45) is 4.57. The Morgan fingerprint density at radius 3 is 2.74 bits per heavy atom. The normalized spacial score (nSPS) is 19.5. The number of piperidine rings is 1. The van der Waals surface area contributed by atoms with Gasteiger partial charge in [0.1, 0.15) is 5.76 Å². The molecule has 0 saturated carbocycles. The molecular weight excluding hydrogens is 364 g/mol. The van der Waals surface area contributed by atoms with Crippen molar-refractivity contribution in [3.8, 4) is 0 Å². The predicted molar refractivity (Wildman–Crippen MR) is 103 cm³/mol. The molecule has 1 aliphatic rings. The minimum atomic E-state index is -3.56. The number of nitrogens with one attached hydrogen (secondary N) is 1. The fourth-order valence-electron chi connectivity index (χ4n) is 3.36. The van der Waals surface area contributed by atoms with Crippen LogP contribution in [-0.2, 0) is 21.2 Å². The van der Waals surface area contributed by atoms with E-state index in [4.69, 9.17) is 4.42 Å². The average molecular weight is 391 g/mol. The highest BCUT2D eigenvalue weighted by molar-refractivity contribution is 7.89. The fourth-order valence-corrected chi connectivity index (χ4v) is 4.91. The second kappa shape index (κ2) is 8.71. The van der Waals surface area contributed by atoms with Crippen LogP contribution >= 0.6 is 0 Å². The lowest BCUT2D eigenvalue weighted by molar-refractivity contribution is -0.126. The third-order valence-electron chi connectivity index (χ3n) is 4.93. The first-order valence-electron chi connectivity index (χ1n) is 9.35. The summed E-state index contributed by atoms with van der Waals surface area (Å²) in [6, 6.07) is 12.2. The van der Waals surface area contributed by atoms with Gasteiger partial charge < -0.3 is 9.73 Å². The molecule has 0 bridgehead atoms. The zero-order valence-electron chi connectivity index (χ0n) is 15.5. The summed E-state index contributed by atoms with van der Waals surface area (Å²) in [4.78, 5) is 12.9. The second-order valence-electron chi connectivity index (χ2n) is 7.04. The smallest absolute Gasteiger partial charge is 0.243 e. The van der Waals surface area contributed by atoms with Gasteiger partial charge in [-0.05, 0) is 50.5 Å². The molecule has 1 aromatic carbocycles. The van der Waals surface area contributed by atoms with Crippen LogP contribution in [0.1, 0.15) is 31.9 Å². The molecule has 0 radical (unpaired) electrons. The molecule has 1 fully saturated rings. The van der Waals surface area contributed by atoms with E-state index in [0.29, 0.717) is 19.4 Å². The van der Waals surface area contributed by atoms with Gasteiger partial charge in [0.15, 0.2) is 0 Å². The molecule has 6 nitrogen and oxygen atoms in total. The van der Waals surface area contributed by atoms with Gasteiger partial charge in [-0.2, -0.15) is 4.31 Å². The number of hydrogen-bond acceptors (Lipinski definition) is 4. The van der Waals surface area contributed by atoms with Gasteiger partial charge in [0.2, 0.25) is 15.9 Å². The van der Waals surface area contributed by atoms with Crippen molar-refractivity contribution in [3.05, 3.63) is 54.5 Å². The van der Waals surface area contributed by atoms with Crippen molar-refractivity contribution in [2.75, 3.05) is 13.1 Å². The summed E-state index contributed by atoms with van der Waals surface area (Å²) in [5.41, 5.74) is 0. The maximum atomic E-state index is 12.8. The first-order valence-corrected chi connectivity index (χ1v) is 10.8. The summed E-state index contributed by atoms with van der Waals surface area (Å²) in [5, 5.41) is 3.02. The maximum absolute atomic E-state index is 12.8. The Labute approximate surface area is 160 Å². The van der Waals surface area contributed by atoms with E-state index in [0.717, 1.165) is 18.6 Å². The average Bonchev–Trinajstić information content (AvgIpc) is 3.21. The lowest BCUT2D eigenvalue weighted by atomic mass is 9.98. The number of aryl methyl sites for hydroxylation is 1. The molecule has 3 rings (SSSR count). The molecular formula is C20H26N2O4S. The first kappa shape index (κ1) is 19.6. The highest BCUT2D eigenvalue weighted by Gasteiger charge is 2.33. The number of benzene rings is 1. The summed E-state index contributed by atoms with van der Waals surface area (Å²) in [5.74, 6) is 0.507. The summed E-state index contributed by atoms with van der Waals surface area (Å²) in [7, 11) is -3.56. The highest BCUT2D eigenvalue weighted by atomic mass is 32.2. The molecule has 7 heteroatoms. The van der Waals surface area contributed by atoms with Crippen molar-refractivity contribution in [2.24, 2.45) is 5.92 Å². The van der Waals surface area contributed by atoms with Crippen LogP contribution in [0.4, 0.5) is 0 Å². The molecule has 1 aliphatic heterocycles. The molecule has 2 aromatic rings. The zero-order valence-corrected chi connectivity index (χ0v) is 16.3. The molecule has 146 valence electrons. The van der Waals surface area contributed by atoms with E-state index in [1.165, 1.54) is 4.31 Å². The number of carbonyl (C=O) groups excluding carboxylic acids is 1. The van der Waals surface area contributed by atoms with E-state index in [2.05, 4.69) is 5.32 Å². The third-order valence-corrected chi connectivity index (χ3v) is 6.81. The number of sulfonamides is 1. The van der Waals surface area contributed by atoms with E-state index < -0.39 is 10.0 Å². The Hall–Kier alpha value is -2.12. The van der Waals surface area contributed by atoms with Crippen LogP contribution in [0.3, 0.4) is 0 Å².